The average molecular weight is 369 g/mol. The second-order valence-corrected chi connectivity index (χ2v) is 6.67. The van der Waals surface area contributed by atoms with Crippen molar-refractivity contribution >= 4 is 41.9 Å². The first-order chi connectivity index (χ1) is 7.36. The van der Waals surface area contributed by atoms with E-state index in [0.717, 1.165) is 4.47 Å². The van der Waals surface area contributed by atoms with Gasteiger partial charge in [0.25, 0.3) is 0 Å². The average Bonchev–Trinajstić information content (AvgIpc) is 2.16. The molecule has 16 heavy (non-hydrogen) atoms. The van der Waals surface area contributed by atoms with Crippen LogP contribution in [0.25, 0.3) is 0 Å². The zero-order valence-corrected chi connectivity index (χ0v) is 12.6. The lowest BCUT2D eigenvalue weighted by Crippen LogP contribution is -2.31. The molecule has 0 saturated heterocycles. The highest BCUT2D eigenvalue weighted by molar-refractivity contribution is 9.11. The molecular weight excluding hydrogens is 358 g/mol. The van der Waals surface area contributed by atoms with Crippen molar-refractivity contribution < 1.29 is 8.42 Å². The van der Waals surface area contributed by atoms with Crippen LogP contribution in [-0.2, 0) is 10.0 Å². The van der Waals surface area contributed by atoms with Crippen LogP contribution in [0.3, 0.4) is 0 Å². The van der Waals surface area contributed by atoms with Crippen LogP contribution < -0.4 is 4.72 Å². The minimum absolute atomic E-state index is 0.212. The van der Waals surface area contributed by atoms with Crippen molar-refractivity contribution in [2.75, 3.05) is 0 Å². The number of rotatable bonds is 4. The van der Waals surface area contributed by atoms with Crippen LogP contribution in [0.1, 0.15) is 6.92 Å². The summed E-state index contributed by atoms with van der Waals surface area (Å²) >= 11 is 6.49. The Morgan fingerprint density at radius 1 is 1.44 bits per heavy atom. The van der Waals surface area contributed by atoms with E-state index in [9.17, 15) is 8.42 Å². The maximum Gasteiger partial charge on any atom is 0.242 e. The van der Waals surface area contributed by atoms with E-state index < -0.39 is 10.0 Å². The number of halogens is 2. The Kier molecular flexibility index (Phi) is 4.73. The molecule has 0 aliphatic heterocycles. The van der Waals surface area contributed by atoms with Crippen LogP contribution in [0, 0.1) is 0 Å². The minimum atomic E-state index is -3.51. The molecule has 0 saturated carbocycles. The third-order valence-corrected chi connectivity index (χ3v) is 4.91. The number of hydrogen-bond donors (Lipinski definition) is 1. The second kappa shape index (κ2) is 5.44. The first-order valence-corrected chi connectivity index (χ1v) is 7.53. The molecule has 0 fully saturated rings. The number of benzene rings is 1. The van der Waals surface area contributed by atoms with Crippen molar-refractivity contribution in [3.05, 3.63) is 39.8 Å². The van der Waals surface area contributed by atoms with E-state index in [1.165, 1.54) is 12.1 Å². The predicted octanol–water partition coefficient (Wildman–Crippen LogP) is 3.06. The Morgan fingerprint density at radius 2 is 2.06 bits per heavy atom. The van der Waals surface area contributed by atoms with Crippen LogP contribution in [0.2, 0.25) is 0 Å². The van der Waals surface area contributed by atoms with E-state index >= 15 is 0 Å². The quantitative estimate of drug-likeness (QED) is 0.830. The molecule has 1 N–H and O–H groups in total. The van der Waals surface area contributed by atoms with E-state index in [4.69, 9.17) is 0 Å². The second-order valence-electron chi connectivity index (χ2n) is 3.22. The molecule has 1 unspecified atom stereocenters. The molecule has 3 nitrogen and oxygen atoms in total. The number of sulfonamides is 1. The van der Waals surface area contributed by atoms with Gasteiger partial charge in [0.15, 0.2) is 0 Å². The van der Waals surface area contributed by atoms with Gasteiger partial charge in [0, 0.05) is 15.0 Å². The highest BCUT2D eigenvalue weighted by Gasteiger charge is 2.18. The summed E-state index contributed by atoms with van der Waals surface area (Å²) in [5.41, 5.74) is 0. The van der Waals surface area contributed by atoms with Gasteiger partial charge in [-0.2, -0.15) is 0 Å². The fourth-order valence-corrected chi connectivity index (χ4v) is 4.01. The summed E-state index contributed by atoms with van der Waals surface area (Å²) in [6.07, 6.45) is 1.53. The van der Waals surface area contributed by atoms with E-state index in [0.29, 0.717) is 4.47 Å². The predicted molar refractivity (Wildman–Crippen MR) is 71.8 cm³/mol. The monoisotopic (exact) mass is 367 g/mol. The number of nitrogens with one attached hydrogen (secondary N) is 1. The molecule has 88 valence electrons. The molecule has 0 aliphatic rings. The highest BCUT2D eigenvalue weighted by atomic mass is 79.9. The normalized spacial score (nSPS) is 13.4. The van der Waals surface area contributed by atoms with E-state index in [2.05, 4.69) is 43.2 Å². The third-order valence-electron chi connectivity index (χ3n) is 1.88. The van der Waals surface area contributed by atoms with Gasteiger partial charge >= 0.3 is 0 Å². The smallest absolute Gasteiger partial charge is 0.207 e. The molecule has 0 aromatic heterocycles. The molecule has 0 radical (unpaired) electrons. The summed E-state index contributed by atoms with van der Waals surface area (Å²) in [6.45, 7) is 5.25. The van der Waals surface area contributed by atoms with Crippen LogP contribution in [-0.4, -0.2) is 14.5 Å². The standard InChI is InChI=1S/C10H11Br2NO2S/c1-3-7(2)13-16(14,15)10-5-4-8(11)6-9(10)12/h3-7,13H,1H2,2H3. The zero-order chi connectivity index (χ0) is 12.3. The molecule has 1 aromatic carbocycles. The van der Waals surface area contributed by atoms with Crippen LogP contribution in [0.5, 0.6) is 0 Å². The molecule has 1 atom stereocenters. The van der Waals surface area contributed by atoms with Crippen LogP contribution in [0.15, 0.2) is 44.7 Å². The summed E-state index contributed by atoms with van der Waals surface area (Å²) < 4.78 is 27.7. The van der Waals surface area contributed by atoms with E-state index in [1.54, 1.807) is 19.1 Å². The first-order valence-electron chi connectivity index (χ1n) is 4.47. The van der Waals surface area contributed by atoms with Crippen molar-refractivity contribution in [1.82, 2.24) is 4.72 Å². The van der Waals surface area contributed by atoms with Gasteiger partial charge in [-0.15, -0.1) is 6.58 Å². The van der Waals surface area contributed by atoms with Crippen molar-refractivity contribution in [3.8, 4) is 0 Å². The molecule has 1 rings (SSSR count). The Labute approximate surface area is 112 Å². The van der Waals surface area contributed by atoms with Crippen molar-refractivity contribution in [1.29, 1.82) is 0 Å². The highest BCUT2D eigenvalue weighted by Crippen LogP contribution is 2.25. The third kappa shape index (κ3) is 3.41. The number of hydrogen-bond acceptors (Lipinski definition) is 2. The fourth-order valence-electron chi connectivity index (χ4n) is 1.05. The van der Waals surface area contributed by atoms with Gasteiger partial charge in [0.1, 0.15) is 0 Å². The van der Waals surface area contributed by atoms with Gasteiger partial charge < -0.3 is 0 Å². The van der Waals surface area contributed by atoms with Gasteiger partial charge in [-0.25, -0.2) is 13.1 Å². The summed E-state index contributed by atoms with van der Waals surface area (Å²) in [4.78, 5) is 0.212. The molecular formula is C10H11Br2NO2S. The summed E-state index contributed by atoms with van der Waals surface area (Å²) in [7, 11) is -3.51. The first kappa shape index (κ1) is 13.9. The molecule has 1 aromatic rings. The summed E-state index contributed by atoms with van der Waals surface area (Å²) in [5.74, 6) is 0. The topological polar surface area (TPSA) is 46.2 Å². The van der Waals surface area contributed by atoms with Crippen LogP contribution >= 0.6 is 31.9 Å². The lowest BCUT2D eigenvalue weighted by Gasteiger charge is -2.11. The van der Waals surface area contributed by atoms with Crippen molar-refractivity contribution in [2.24, 2.45) is 0 Å². The summed E-state index contributed by atoms with van der Waals surface area (Å²) in [6, 6.07) is 4.60. The molecule has 0 amide bonds. The molecule has 0 bridgehead atoms. The van der Waals surface area contributed by atoms with Crippen molar-refractivity contribution in [3.63, 3.8) is 0 Å². The van der Waals surface area contributed by atoms with Gasteiger partial charge in [-0.05, 0) is 41.1 Å². The fraction of sp³-hybridized carbons (Fsp3) is 0.200. The molecule has 0 heterocycles. The Bertz CT molecular complexity index is 500. The molecule has 0 aliphatic carbocycles. The van der Waals surface area contributed by atoms with Gasteiger partial charge in [0.05, 0.1) is 4.90 Å². The summed E-state index contributed by atoms with van der Waals surface area (Å²) in [5, 5.41) is 0. The largest absolute Gasteiger partial charge is 0.242 e. The lowest BCUT2D eigenvalue weighted by molar-refractivity contribution is 0.575. The maximum absolute atomic E-state index is 11.9. The zero-order valence-electron chi connectivity index (χ0n) is 8.57. The van der Waals surface area contributed by atoms with Gasteiger partial charge in [0.2, 0.25) is 10.0 Å². The maximum atomic E-state index is 11.9. The van der Waals surface area contributed by atoms with E-state index in [1.807, 2.05) is 0 Å². The SMILES string of the molecule is C=CC(C)NS(=O)(=O)c1ccc(Br)cc1Br. The van der Waals surface area contributed by atoms with E-state index in [-0.39, 0.29) is 10.9 Å². The van der Waals surface area contributed by atoms with Gasteiger partial charge in [-0.1, -0.05) is 22.0 Å². The Morgan fingerprint density at radius 3 is 2.56 bits per heavy atom. The lowest BCUT2D eigenvalue weighted by atomic mass is 10.4. The minimum Gasteiger partial charge on any atom is -0.207 e. The Balaban J connectivity index is 3.12. The Hall–Kier alpha value is -0.170. The molecule has 0 spiro atoms. The van der Waals surface area contributed by atoms with Crippen LogP contribution in [0.4, 0.5) is 0 Å². The van der Waals surface area contributed by atoms with Gasteiger partial charge in [-0.3, -0.25) is 0 Å². The van der Waals surface area contributed by atoms with Crippen molar-refractivity contribution in [2.45, 2.75) is 17.9 Å². The molecule has 6 heteroatoms.